The van der Waals surface area contributed by atoms with E-state index < -0.39 is 15.7 Å². The molecule has 26 heavy (non-hydrogen) atoms. The molecule has 6 heteroatoms. The lowest BCUT2D eigenvalue weighted by atomic mass is 9.98. The van der Waals surface area contributed by atoms with E-state index >= 15 is 0 Å². The fraction of sp³-hybridized carbons (Fsp3) is 0.400. The van der Waals surface area contributed by atoms with Crippen molar-refractivity contribution in [3.8, 4) is 0 Å². The first kappa shape index (κ1) is 17.5. The molecule has 4 rings (SSSR count). The third-order valence-electron chi connectivity index (χ3n) is 5.67. The van der Waals surface area contributed by atoms with Crippen LogP contribution < -0.4 is 4.90 Å². The lowest BCUT2D eigenvalue weighted by molar-refractivity contribution is 0.130. The largest absolute Gasteiger partial charge is 0.366 e. The molecule has 2 aliphatic heterocycles. The van der Waals surface area contributed by atoms with Crippen molar-refractivity contribution < 1.29 is 12.8 Å². The summed E-state index contributed by atoms with van der Waals surface area (Å²) in [6.07, 6.45) is 2.23. The average molecular weight is 374 g/mol. The zero-order valence-corrected chi connectivity index (χ0v) is 15.6. The maximum Gasteiger partial charge on any atom is 0.208 e. The Balaban J connectivity index is 1.75. The molecule has 0 aliphatic carbocycles. The Kier molecular flexibility index (Phi) is 4.49. The Morgan fingerprint density at radius 3 is 2.38 bits per heavy atom. The van der Waals surface area contributed by atoms with Gasteiger partial charge < -0.3 is 4.90 Å². The number of hydrogen-bond acceptors (Lipinski definition) is 4. The smallest absolute Gasteiger partial charge is 0.208 e. The van der Waals surface area contributed by atoms with Gasteiger partial charge in [0.15, 0.2) is 0 Å². The molecular weight excluding hydrogens is 351 g/mol. The summed E-state index contributed by atoms with van der Waals surface area (Å²) in [5, 5.41) is 0. The van der Waals surface area contributed by atoms with Crippen LogP contribution in [0.2, 0.25) is 0 Å². The number of halogens is 1. The number of likely N-dealkylation sites (N-methyl/N-ethyl adjacent to an activating group) is 1. The van der Waals surface area contributed by atoms with Gasteiger partial charge in [0.1, 0.15) is 5.82 Å². The molecule has 0 aromatic heterocycles. The highest BCUT2D eigenvalue weighted by atomic mass is 32.2. The summed E-state index contributed by atoms with van der Waals surface area (Å²) in [5.74, 6) is -0.441. The van der Waals surface area contributed by atoms with E-state index in [-0.39, 0.29) is 4.90 Å². The molecule has 2 saturated heterocycles. The summed E-state index contributed by atoms with van der Waals surface area (Å²) in [6, 6.07) is 13.1. The molecule has 2 heterocycles. The van der Waals surface area contributed by atoms with Crippen LogP contribution in [0, 0.1) is 5.82 Å². The van der Waals surface area contributed by atoms with Gasteiger partial charge in [0.2, 0.25) is 9.84 Å². The molecule has 4 nitrogen and oxygen atoms in total. The predicted octanol–water partition coefficient (Wildman–Crippen LogP) is 3.33. The number of fused-ring (bicyclic) bond motifs is 1. The summed E-state index contributed by atoms with van der Waals surface area (Å²) in [7, 11) is -3.71. The molecule has 2 atom stereocenters. The lowest BCUT2D eigenvalue weighted by Gasteiger charge is -2.42. The van der Waals surface area contributed by atoms with Crippen LogP contribution in [-0.2, 0) is 9.84 Å². The Bertz CT molecular complexity index is 898. The van der Waals surface area contributed by atoms with Crippen LogP contribution in [-0.4, -0.2) is 45.0 Å². The maximum absolute atomic E-state index is 13.2. The number of sulfone groups is 1. The Hall–Kier alpha value is -1.92. The number of para-hydroxylation sites is 1. The van der Waals surface area contributed by atoms with Gasteiger partial charge in [-0.15, -0.1) is 0 Å². The van der Waals surface area contributed by atoms with Crippen molar-refractivity contribution in [2.75, 3.05) is 24.5 Å². The highest BCUT2D eigenvalue weighted by Crippen LogP contribution is 2.38. The van der Waals surface area contributed by atoms with Crippen LogP contribution in [0.5, 0.6) is 0 Å². The fourth-order valence-corrected chi connectivity index (χ4v) is 5.74. The molecular formula is C20H23FN2O2S. The molecule has 2 aromatic rings. The second kappa shape index (κ2) is 6.67. The summed E-state index contributed by atoms with van der Waals surface area (Å²) in [4.78, 5) is 5.13. The lowest BCUT2D eigenvalue weighted by Crippen LogP contribution is -2.53. The minimum absolute atomic E-state index is 0.124. The molecule has 0 amide bonds. The van der Waals surface area contributed by atoms with Gasteiger partial charge in [-0.05, 0) is 56.2 Å². The van der Waals surface area contributed by atoms with Crippen LogP contribution in [0.3, 0.4) is 0 Å². The van der Waals surface area contributed by atoms with E-state index in [2.05, 4.69) is 16.7 Å². The first-order valence-corrected chi connectivity index (χ1v) is 10.6. The van der Waals surface area contributed by atoms with E-state index in [1.165, 1.54) is 30.7 Å². The minimum Gasteiger partial charge on any atom is -0.366 e. The first-order chi connectivity index (χ1) is 12.5. The number of rotatable bonds is 5. The summed E-state index contributed by atoms with van der Waals surface area (Å²) < 4.78 is 39.6. The average Bonchev–Trinajstić information content (AvgIpc) is 2.90. The topological polar surface area (TPSA) is 40.6 Å². The Morgan fingerprint density at radius 2 is 1.77 bits per heavy atom. The Morgan fingerprint density at radius 1 is 1.08 bits per heavy atom. The van der Waals surface area contributed by atoms with Crippen molar-refractivity contribution in [3.05, 3.63) is 54.3 Å². The summed E-state index contributed by atoms with van der Waals surface area (Å²) >= 11 is 0. The van der Waals surface area contributed by atoms with Gasteiger partial charge in [-0.2, -0.15) is 0 Å². The SMILES string of the molecule is CCN(c1ccccc1S(=O)(=O)c1ccc(F)cc1)C1CCN2CCC12. The van der Waals surface area contributed by atoms with Gasteiger partial charge in [0.25, 0.3) is 0 Å². The van der Waals surface area contributed by atoms with Crippen molar-refractivity contribution >= 4 is 15.5 Å². The molecule has 2 fully saturated rings. The monoisotopic (exact) mass is 374 g/mol. The molecule has 2 unspecified atom stereocenters. The standard InChI is InChI=1S/C20H23FN2O2S/c1-2-23(18-12-14-22-13-11-17(18)22)19-5-3-4-6-20(19)26(24,25)16-9-7-15(21)8-10-16/h3-10,17-18H,2,11-14H2,1H3. The highest BCUT2D eigenvalue weighted by molar-refractivity contribution is 7.91. The van der Waals surface area contributed by atoms with Crippen molar-refractivity contribution in [2.45, 2.75) is 41.6 Å². The minimum atomic E-state index is -3.71. The van der Waals surface area contributed by atoms with E-state index in [0.29, 0.717) is 17.0 Å². The van der Waals surface area contributed by atoms with E-state index in [4.69, 9.17) is 0 Å². The van der Waals surface area contributed by atoms with Gasteiger partial charge in [-0.3, -0.25) is 4.90 Å². The zero-order valence-electron chi connectivity index (χ0n) is 14.8. The summed E-state index contributed by atoms with van der Waals surface area (Å²) in [6.45, 7) is 5.06. The van der Waals surface area contributed by atoms with Crippen LogP contribution >= 0.6 is 0 Å². The van der Waals surface area contributed by atoms with Crippen LogP contribution in [0.15, 0.2) is 58.3 Å². The molecule has 0 N–H and O–H groups in total. The fourth-order valence-electron chi connectivity index (χ4n) is 4.27. The van der Waals surface area contributed by atoms with E-state index in [0.717, 1.165) is 31.7 Å². The second-order valence-corrected chi connectivity index (χ2v) is 8.88. The van der Waals surface area contributed by atoms with Crippen molar-refractivity contribution in [2.24, 2.45) is 0 Å². The van der Waals surface area contributed by atoms with Gasteiger partial charge in [0, 0.05) is 31.7 Å². The van der Waals surface area contributed by atoms with E-state index in [9.17, 15) is 12.8 Å². The van der Waals surface area contributed by atoms with Crippen molar-refractivity contribution in [1.82, 2.24) is 4.90 Å². The normalized spacial score (nSPS) is 22.7. The van der Waals surface area contributed by atoms with Gasteiger partial charge in [-0.1, -0.05) is 12.1 Å². The van der Waals surface area contributed by atoms with Crippen LogP contribution in [0.4, 0.5) is 10.1 Å². The van der Waals surface area contributed by atoms with Crippen LogP contribution in [0.25, 0.3) is 0 Å². The third-order valence-corrected chi connectivity index (χ3v) is 7.48. The number of hydrogen-bond donors (Lipinski definition) is 0. The van der Waals surface area contributed by atoms with Crippen molar-refractivity contribution in [1.29, 1.82) is 0 Å². The number of nitrogens with zero attached hydrogens (tertiary/aromatic N) is 2. The summed E-state index contributed by atoms with van der Waals surface area (Å²) in [5.41, 5.74) is 0.748. The highest BCUT2D eigenvalue weighted by Gasteiger charge is 2.43. The maximum atomic E-state index is 13.2. The van der Waals surface area contributed by atoms with E-state index in [1.54, 1.807) is 12.1 Å². The molecule has 0 bridgehead atoms. The second-order valence-electron chi connectivity index (χ2n) is 6.96. The van der Waals surface area contributed by atoms with Crippen molar-refractivity contribution in [3.63, 3.8) is 0 Å². The number of anilines is 1. The molecule has 2 aromatic carbocycles. The molecule has 138 valence electrons. The number of benzene rings is 2. The van der Waals surface area contributed by atoms with Crippen LogP contribution in [0.1, 0.15) is 19.8 Å². The van der Waals surface area contributed by atoms with Gasteiger partial charge in [0.05, 0.1) is 15.5 Å². The van der Waals surface area contributed by atoms with E-state index in [1.807, 2.05) is 12.1 Å². The Labute approximate surface area is 154 Å². The third kappa shape index (κ3) is 2.81. The van der Waals surface area contributed by atoms with Gasteiger partial charge in [-0.25, -0.2) is 12.8 Å². The molecule has 0 spiro atoms. The van der Waals surface area contributed by atoms with Gasteiger partial charge >= 0.3 is 0 Å². The zero-order chi connectivity index (χ0) is 18.3. The molecule has 2 aliphatic rings. The predicted molar refractivity (Wildman–Crippen MR) is 99.7 cm³/mol. The molecule has 0 saturated carbocycles. The molecule has 0 radical (unpaired) electrons. The first-order valence-electron chi connectivity index (χ1n) is 9.12. The quantitative estimate of drug-likeness (QED) is 0.753.